The van der Waals surface area contributed by atoms with Crippen LogP contribution in [0.15, 0.2) is 12.7 Å². The first kappa shape index (κ1) is 12.8. The quantitative estimate of drug-likeness (QED) is 0.740. The van der Waals surface area contributed by atoms with Crippen LogP contribution in [-0.2, 0) is 11.3 Å². The molecule has 7 heteroatoms. The minimum absolute atomic E-state index is 0. The number of carboxylic acids is 1. The van der Waals surface area contributed by atoms with Crippen molar-refractivity contribution in [3.05, 3.63) is 12.7 Å². The second-order valence-corrected chi connectivity index (χ2v) is 1.49. The fourth-order valence-corrected chi connectivity index (χ4v) is 0.453. The molecule has 11 heavy (non-hydrogen) atoms. The second-order valence-electron chi connectivity index (χ2n) is 1.49. The zero-order valence-corrected chi connectivity index (χ0v) is 7.01. The van der Waals surface area contributed by atoms with E-state index in [0.29, 0.717) is 0 Å². The van der Waals surface area contributed by atoms with Gasteiger partial charge in [-0.05, 0) is 0 Å². The lowest BCUT2D eigenvalue weighted by Gasteiger charge is -1.89. The van der Waals surface area contributed by atoms with Gasteiger partial charge < -0.3 is 5.11 Å². The topological polar surface area (TPSA) is 68.0 Å². The largest absolute Gasteiger partial charge is 0.480 e. The molecule has 0 aliphatic rings. The molecule has 0 bridgehead atoms. The minimum atomic E-state index is -0.916. The molecule has 0 aliphatic carbocycles. The zero-order valence-electron chi connectivity index (χ0n) is 5.38. The number of hydrogen-bond donors (Lipinski definition) is 1. The molecule has 1 aromatic rings. The maximum absolute atomic E-state index is 9.98. The Morgan fingerprint density at radius 3 is 2.55 bits per heavy atom. The predicted molar refractivity (Wildman–Crippen MR) is 42.2 cm³/mol. The molecule has 5 nitrogen and oxygen atoms in total. The molecule has 0 unspecified atom stereocenters. The van der Waals surface area contributed by atoms with E-state index in [1.807, 2.05) is 0 Å². The van der Waals surface area contributed by atoms with Gasteiger partial charge in [0.1, 0.15) is 19.2 Å². The van der Waals surface area contributed by atoms with Crippen molar-refractivity contribution in [2.75, 3.05) is 0 Å². The highest BCUT2D eigenvalue weighted by atomic mass is 35.5. The van der Waals surface area contributed by atoms with Crippen molar-refractivity contribution in [1.29, 1.82) is 0 Å². The van der Waals surface area contributed by atoms with Gasteiger partial charge in [0, 0.05) is 0 Å². The van der Waals surface area contributed by atoms with Crippen LogP contribution in [0.1, 0.15) is 0 Å². The summed E-state index contributed by atoms with van der Waals surface area (Å²) in [5.74, 6) is -0.916. The molecule has 1 rings (SSSR count). The highest BCUT2D eigenvalue weighted by molar-refractivity contribution is 5.85. The molecule has 0 saturated carbocycles. The van der Waals surface area contributed by atoms with Crippen molar-refractivity contribution >= 4 is 30.8 Å². The lowest BCUT2D eigenvalue weighted by atomic mass is 10.7. The Labute approximate surface area is 75.3 Å². The second kappa shape index (κ2) is 5.94. The van der Waals surface area contributed by atoms with Crippen LogP contribution in [0.5, 0.6) is 0 Å². The molecule has 0 fully saturated rings. The monoisotopic (exact) mass is 199 g/mol. The van der Waals surface area contributed by atoms with Crippen LogP contribution in [0, 0.1) is 0 Å². The molecular weight excluding hydrogens is 193 g/mol. The number of rotatable bonds is 2. The van der Waals surface area contributed by atoms with Gasteiger partial charge in [0.2, 0.25) is 0 Å². The highest BCUT2D eigenvalue weighted by Gasteiger charge is 1.96. The Morgan fingerprint density at radius 2 is 2.18 bits per heavy atom. The highest BCUT2D eigenvalue weighted by Crippen LogP contribution is 1.77. The zero-order chi connectivity index (χ0) is 6.69. The lowest BCUT2D eigenvalue weighted by Crippen LogP contribution is -2.08. The first-order valence-corrected chi connectivity index (χ1v) is 2.33. The molecule has 0 spiro atoms. The molecule has 0 atom stereocenters. The van der Waals surface area contributed by atoms with Gasteiger partial charge in [-0.1, -0.05) is 0 Å². The number of aliphatic carboxylic acids is 1. The molecule has 64 valence electrons. The van der Waals surface area contributed by atoms with E-state index in [9.17, 15) is 4.79 Å². The Bertz CT molecular complexity index is 201. The third-order valence-corrected chi connectivity index (χ3v) is 0.764. The number of carboxylic acid groups (broad SMARTS) is 1. The number of carbonyl (C=O) groups is 1. The van der Waals surface area contributed by atoms with Crippen molar-refractivity contribution in [3.63, 3.8) is 0 Å². The average molecular weight is 200 g/mol. The van der Waals surface area contributed by atoms with Gasteiger partial charge in [0.05, 0.1) is 0 Å². The summed E-state index contributed by atoms with van der Waals surface area (Å²) in [5, 5.41) is 11.8. The summed E-state index contributed by atoms with van der Waals surface area (Å²) in [6.45, 7) is -0.125. The summed E-state index contributed by atoms with van der Waals surface area (Å²) in [6.07, 6.45) is 2.65. The summed E-state index contributed by atoms with van der Waals surface area (Å²) in [6, 6.07) is 0. The molecule has 0 aliphatic heterocycles. The van der Waals surface area contributed by atoms with Crippen molar-refractivity contribution < 1.29 is 9.90 Å². The number of hydrogen-bond acceptors (Lipinski definition) is 3. The van der Waals surface area contributed by atoms with Crippen LogP contribution >= 0.6 is 24.8 Å². The molecule has 1 heterocycles. The molecule has 0 radical (unpaired) electrons. The maximum Gasteiger partial charge on any atom is 0.325 e. The normalized spacial score (nSPS) is 7.64. The lowest BCUT2D eigenvalue weighted by molar-refractivity contribution is -0.137. The smallest absolute Gasteiger partial charge is 0.325 e. The fourth-order valence-electron chi connectivity index (χ4n) is 0.453. The van der Waals surface area contributed by atoms with E-state index in [1.165, 1.54) is 17.3 Å². The molecule has 0 aromatic carbocycles. The average Bonchev–Trinajstić information content (AvgIpc) is 2.15. The van der Waals surface area contributed by atoms with E-state index >= 15 is 0 Å². The summed E-state index contributed by atoms with van der Waals surface area (Å²) < 4.78 is 1.24. The Kier molecular flexibility index (Phi) is 6.92. The fraction of sp³-hybridized carbons (Fsp3) is 0.250. The third kappa shape index (κ3) is 4.58. The molecule has 1 N–H and O–H groups in total. The van der Waals surface area contributed by atoms with E-state index in [2.05, 4.69) is 10.1 Å². The minimum Gasteiger partial charge on any atom is -0.480 e. The van der Waals surface area contributed by atoms with E-state index in [1.54, 1.807) is 0 Å². The van der Waals surface area contributed by atoms with Gasteiger partial charge in [-0.15, -0.1) is 24.8 Å². The van der Waals surface area contributed by atoms with Crippen molar-refractivity contribution in [2.24, 2.45) is 0 Å². The molecule has 1 aromatic heterocycles. The maximum atomic E-state index is 9.98. The first-order valence-electron chi connectivity index (χ1n) is 2.33. The van der Waals surface area contributed by atoms with Crippen LogP contribution in [0.3, 0.4) is 0 Å². The van der Waals surface area contributed by atoms with Crippen LogP contribution in [-0.4, -0.2) is 25.8 Å². The van der Waals surface area contributed by atoms with E-state index in [0.717, 1.165) is 0 Å². The Balaban J connectivity index is 0. The Hall–Kier alpha value is -0.810. The molecule has 0 saturated heterocycles. The van der Waals surface area contributed by atoms with Crippen LogP contribution in [0.25, 0.3) is 0 Å². The van der Waals surface area contributed by atoms with Gasteiger partial charge in [0.25, 0.3) is 0 Å². The van der Waals surface area contributed by atoms with Crippen LogP contribution in [0.4, 0.5) is 0 Å². The molecule has 0 amide bonds. The van der Waals surface area contributed by atoms with Gasteiger partial charge >= 0.3 is 5.97 Å². The van der Waals surface area contributed by atoms with Crippen molar-refractivity contribution in [3.8, 4) is 0 Å². The van der Waals surface area contributed by atoms with Crippen LogP contribution in [0.2, 0.25) is 0 Å². The SMILES string of the molecule is Cl.Cl.O=C(O)Cn1cncn1. The van der Waals surface area contributed by atoms with Gasteiger partial charge in [-0.3, -0.25) is 4.79 Å². The Morgan fingerprint density at radius 1 is 1.55 bits per heavy atom. The van der Waals surface area contributed by atoms with E-state index in [-0.39, 0.29) is 31.4 Å². The first-order chi connectivity index (χ1) is 4.29. The number of nitrogens with zero attached hydrogens (tertiary/aromatic N) is 3. The summed E-state index contributed by atoms with van der Waals surface area (Å²) in [7, 11) is 0. The molecular formula is C4H7Cl2N3O2. The summed E-state index contributed by atoms with van der Waals surface area (Å²) in [5.41, 5.74) is 0. The van der Waals surface area contributed by atoms with Crippen molar-refractivity contribution in [2.45, 2.75) is 6.54 Å². The summed E-state index contributed by atoms with van der Waals surface area (Å²) >= 11 is 0. The third-order valence-electron chi connectivity index (χ3n) is 0.764. The van der Waals surface area contributed by atoms with Gasteiger partial charge in [-0.2, -0.15) is 5.10 Å². The van der Waals surface area contributed by atoms with Gasteiger partial charge in [-0.25, -0.2) is 9.67 Å². The standard InChI is InChI=1S/C4H5N3O2.2ClH/c8-4(9)1-7-3-5-2-6-7;;/h2-3H,1H2,(H,8,9);2*1H. The number of aromatic nitrogens is 3. The van der Waals surface area contributed by atoms with Crippen LogP contribution < -0.4 is 0 Å². The number of halogens is 2. The van der Waals surface area contributed by atoms with E-state index in [4.69, 9.17) is 5.11 Å². The predicted octanol–water partition coefficient (Wildman–Crippen LogP) is 0.206. The van der Waals surface area contributed by atoms with E-state index < -0.39 is 5.97 Å². The summed E-state index contributed by atoms with van der Waals surface area (Å²) in [4.78, 5) is 13.5. The van der Waals surface area contributed by atoms with Crippen molar-refractivity contribution in [1.82, 2.24) is 14.8 Å². The van der Waals surface area contributed by atoms with Gasteiger partial charge in [0.15, 0.2) is 0 Å².